The van der Waals surface area contributed by atoms with Gasteiger partial charge in [-0.15, -0.1) is 0 Å². The molecule has 2 aromatic carbocycles. The second kappa shape index (κ2) is 10.4. The van der Waals surface area contributed by atoms with E-state index in [1.165, 1.54) is 48.7 Å². The fourth-order valence-corrected chi connectivity index (χ4v) is 3.05. The molecule has 1 unspecified atom stereocenters. The van der Waals surface area contributed by atoms with Gasteiger partial charge in [0.1, 0.15) is 35.7 Å². The zero-order chi connectivity index (χ0) is 23.0. The van der Waals surface area contributed by atoms with Gasteiger partial charge >= 0.3 is 0 Å². The third-order valence-corrected chi connectivity index (χ3v) is 4.92. The Hall–Kier alpha value is -3.64. The summed E-state index contributed by atoms with van der Waals surface area (Å²) in [6, 6.07) is 10.2. The van der Waals surface area contributed by atoms with Crippen LogP contribution in [0.1, 0.15) is 17.3 Å². The average Bonchev–Trinajstić information content (AvgIpc) is 2.67. The number of nitrogens with zero attached hydrogens (tertiary/aromatic N) is 1. The Bertz CT molecular complexity index is 1070. The Morgan fingerprint density at radius 2 is 1.81 bits per heavy atom. The molecule has 6 N–H and O–H groups in total. The van der Waals surface area contributed by atoms with Crippen LogP contribution in [0.4, 0.5) is 0 Å². The second-order valence-corrected chi connectivity index (χ2v) is 8.52. The topological polar surface area (TPSA) is 175 Å². The number of nitrogens with two attached hydrogens (primary N) is 2. The van der Waals surface area contributed by atoms with Crippen LogP contribution in [0.3, 0.4) is 0 Å². The standard InChI is InChI=1S/C19H23N5O6S/c1-12(10-23-26)29-15-7-13(19(25)24-18(20)11-22-21)8-16(9-15)30-14-3-5-17(6-4-14)31(2,27)28/h3-9,11-12,22H,10,20-21H2,1-2H3,(H,24,25)/b18-11+. The Kier molecular flexibility index (Phi) is 7.94. The molecule has 0 saturated carbocycles. The molecule has 1 atom stereocenters. The number of carbonyl (C=O) groups excluding carboxylic acids is 1. The summed E-state index contributed by atoms with van der Waals surface area (Å²) < 4.78 is 34.6. The Labute approximate surface area is 179 Å². The lowest BCUT2D eigenvalue weighted by molar-refractivity contribution is 0.0964. The van der Waals surface area contributed by atoms with Crippen molar-refractivity contribution in [1.29, 1.82) is 0 Å². The first kappa shape index (κ1) is 23.6. The van der Waals surface area contributed by atoms with Gasteiger partial charge in [-0.25, -0.2) is 8.42 Å². The zero-order valence-corrected chi connectivity index (χ0v) is 17.7. The van der Waals surface area contributed by atoms with E-state index in [-0.39, 0.29) is 34.3 Å². The Balaban J connectivity index is 2.34. The minimum Gasteiger partial charge on any atom is -0.488 e. The SMILES string of the molecule is CC(CN=O)Oc1cc(Oc2ccc(S(C)(=O)=O)cc2)cc(C(=O)N/C(N)=C/NN)c1. The number of rotatable bonds is 10. The highest BCUT2D eigenvalue weighted by Crippen LogP contribution is 2.29. The Morgan fingerprint density at radius 3 is 2.39 bits per heavy atom. The van der Waals surface area contributed by atoms with E-state index in [9.17, 15) is 18.1 Å². The summed E-state index contributed by atoms with van der Waals surface area (Å²) in [5.74, 6) is 5.38. The molecule has 0 saturated heterocycles. The lowest BCUT2D eigenvalue weighted by atomic mass is 10.2. The fraction of sp³-hybridized carbons (Fsp3) is 0.211. The number of nitrogens with one attached hydrogen (secondary N) is 2. The van der Waals surface area contributed by atoms with Crippen molar-refractivity contribution in [2.75, 3.05) is 12.8 Å². The number of nitroso groups, excluding NO2 is 1. The summed E-state index contributed by atoms with van der Waals surface area (Å²) >= 11 is 0. The molecule has 31 heavy (non-hydrogen) atoms. The third kappa shape index (κ3) is 7.28. The smallest absolute Gasteiger partial charge is 0.257 e. The summed E-state index contributed by atoms with van der Waals surface area (Å²) in [5, 5.41) is 5.22. The first-order valence-corrected chi connectivity index (χ1v) is 10.8. The van der Waals surface area contributed by atoms with E-state index in [1.807, 2.05) is 0 Å². The van der Waals surface area contributed by atoms with Crippen LogP contribution in [0, 0.1) is 4.91 Å². The van der Waals surface area contributed by atoms with Crippen molar-refractivity contribution in [3.8, 4) is 17.2 Å². The van der Waals surface area contributed by atoms with E-state index in [0.717, 1.165) is 6.26 Å². The number of hydrazine groups is 1. The van der Waals surface area contributed by atoms with Crippen LogP contribution in [-0.4, -0.2) is 33.2 Å². The number of amides is 1. The van der Waals surface area contributed by atoms with Crippen LogP contribution in [0.25, 0.3) is 0 Å². The Morgan fingerprint density at radius 1 is 1.16 bits per heavy atom. The van der Waals surface area contributed by atoms with E-state index in [2.05, 4.69) is 15.9 Å². The van der Waals surface area contributed by atoms with Gasteiger partial charge < -0.3 is 25.9 Å². The molecule has 1 amide bonds. The van der Waals surface area contributed by atoms with Crippen molar-refractivity contribution in [3.63, 3.8) is 0 Å². The molecule has 0 aliphatic heterocycles. The molecule has 0 aliphatic rings. The van der Waals surface area contributed by atoms with Crippen molar-refractivity contribution in [2.45, 2.75) is 17.9 Å². The molecule has 0 aliphatic carbocycles. The molecule has 0 radical (unpaired) electrons. The quantitative estimate of drug-likeness (QED) is 0.237. The van der Waals surface area contributed by atoms with E-state index < -0.39 is 21.8 Å². The molecular weight excluding hydrogens is 426 g/mol. The summed E-state index contributed by atoms with van der Waals surface area (Å²) in [4.78, 5) is 23.1. The van der Waals surface area contributed by atoms with E-state index >= 15 is 0 Å². The second-order valence-electron chi connectivity index (χ2n) is 6.50. The molecule has 2 aromatic rings. The van der Waals surface area contributed by atoms with Gasteiger partial charge in [-0.3, -0.25) is 10.6 Å². The minimum atomic E-state index is -3.35. The summed E-state index contributed by atoms with van der Waals surface area (Å²) in [7, 11) is -3.35. The summed E-state index contributed by atoms with van der Waals surface area (Å²) in [5.41, 5.74) is 7.97. The highest BCUT2D eigenvalue weighted by atomic mass is 32.2. The van der Waals surface area contributed by atoms with Crippen LogP contribution >= 0.6 is 0 Å². The van der Waals surface area contributed by atoms with E-state index in [1.54, 1.807) is 6.92 Å². The molecule has 12 heteroatoms. The van der Waals surface area contributed by atoms with Crippen molar-refractivity contribution >= 4 is 15.7 Å². The molecule has 0 aromatic heterocycles. The van der Waals surface area contributed by atoms with Gasteiger partial charge in [0.25, 0.3) is 5.91 Å². The normalized spacial score (nSPS) is 12.5. The van der Waals surface area contributed by atoms with Crippen molar-refractivity contribution in [3.05, 3.63) is 65.0 Å². The molecule has 166 valence electrons. The first-order chi connectivity index (χ1) is 14.6. The number of carbonyl (C=O) groups is 1. The highest BCUT2D eigenvalue weighted by Gasteiger charge is 2.14. The van der Waals surface area contributed by atoms with Crippen LogP contribution in [-0.2, 0) is 9.84 Å². The van der Waals surface area contributed by atoms with Gasteiger partial charge in [0, 0.05) is 17.9 Å². The van der Waals surface area contributed by atoms with Crippen molar-refractivity contribution in [2.24, 2.45) is 16.8 Å². The van der Waals surface area contributed by atoms with Gasteiger partial charge in [0.05, 0.1) is 11.1 Å². The van der Waals surface area contributed by atoms with Crippen LogP contribution in [0.2, 0.25) is 0 Å². The summed E-state index contributed by atoms with van der Waals surface area (Å²) in [6.45, 7) is 1.56. The third-order valence-electron chi connectivity index (χ3n) is 3.80. The molecule has 2 rings (SSSR count). The zero-order valence-electron chi connectivity index (χ0n) is 16.9. The lowest BCUT2D eigenvalue weighted by Gasteiger charge is -2.15. The monoisotopic (exact) mass is 449 g/mol. The highest BCUT2D eigenvalue weighted by molar-refractivity contribution is 7.90. The maximum absolute atomic E-state index is 12.5. The predicted octanol–water partition coefficient (Wildman–Crippen LogP) is 1.37. The average molecular weight is 449 g/mol. The first-order valence-electron chi connectivity index (χ1n) is 8.94. The van der Waals surface area contributed by atoms with Gasteiger partial charge in [-0.2, -0.15) is 4.91 Å². The lowest BCUT2D eigenvalue weighted by Crippen LogP contribution is -2.30. The molecule has 0 heterocycles. The van der Waals surface area contributed by atoms with Gasteiger partial charge in [0.15, 0.2) is 9.84 Å². The number of benzene rings is 2. The van der Waals surface area contributed by atoms with Gasteiger partial charge in [-0.05, 0) is 43.3 Å². The largest absolute Gasteiger partial charge is 0.488 e. The fourth-order valence-electron chi connectivity index (χ4n) is 2.42. The maximum atomic E-state index is 12.5. The van der Waals surface area contributed by atoms with Gasteiger partial charge in [-0.1, -0.05) is 5.18 Å². The van der Waals surface area contributed by atoms with Crippen LogP contribution < -0.4 is 31.8 Å². The molecule has 11 nitrogen and oxygen atoms in total. The summed E-state index contributed by atoms with van der Waals surface area (Å²) in [6.07, 6.45) is 1.75. The molecular formula is C19H23N5O6S. The predicted molar refractivity (Wildman–Crippen MR) is 114 cm³/mol. The van der Waals surface area contributed by atoms with Crippen molar-refractivity contribution < 1.29 is 22.7 Å². The maximum Gasteiger partial charge on any atom is 0.257 e. The van der Waals surface area contributed by atoms with Crippen LogP contribution in [0.15, 0.2) is 64.6 Å². The number of hydrogen-bond acceptors (Lipinski definition) is 10. The van der Waals surface area contributed by atoms with E-state index in [4.69, 9.17) is 21.1 Å². The number of hydrogen-bond donors (Lipinski definition) is 4. The van der Waals surface area contributed by atoms with Crippen LogP contribution in [0.5, 0.6) is 17.2 Å². The van der Waals surface area contributed by atoms with E-state index in [0.29, 0.717) is 5.75 Å². The number of sulfone groups is 1. The number of ether oxygens (including phenoxy) is 2. The molecule has 0 fully saturated rings. The van der Waals surface area contributed by atoms with Crippen molar-refractivity contribution in [1.82, 2.24) is 10.7 Å². The minimum absolute atomic E-state index is 0.0174. The molecule has 0 spiro atoms. The molecule has 0 bridgehead atoms. The van der Waals surface area contributed by atoms with Gasteiger partial charge in [0.2, 0.25) is 0 Å².